The molecule has 16 nitrogen and oxygen atoms in total. The van der Waals surface area contributed by atoms with Crippen LogP contribution in [0.1, 0.15) is 48.1 Å². The molecule has 3 aromatic rings. The van der Waals surface area contributed by atoms with Crippen molar-refractivity contribution in [3.8, 4) is 0 Å². The minimum absolute atomic E-state index is 0.0632. The number of thiazole rings is 1. The molecule has 3 aliphatic rings. The highest BCUT2D eigenvalue weighted by molar-refractivity contribution is 8.03. The zero-order chi connectivity index (χ0) is 36.6. The van der Waals surface area contributed by atoms with Gasteiger partial charge in [-0.1, -0.05) is 6.92 Å². The summed E-state index contributed by atoms with van der Waals surface area (Å²) in [5.74, 6) is -2.23. The monoisotopic (exact) mass is 739 g/mol. The van der Waals surface area contributed by atoms with Crippen molar-refractivity contribution in [3.05, 3.63) is 107 Å². The number of amides is 2. The Morgan fingerprint density at radius 3 is 2.16 bits per heavy atom. The summed E-state index contributed by atoms with van der Waals surface area (Å²) in [6.45, 7) is 2.97. The summed E-state index contributed by atoms with van der Waals surface area (Å²) in [6.07, 6.45) is -1.21. The van der Waals surface area contributed by atoms with E-state index >= 15 is 0 Å². The Labute approximate surface area is 299 Å². The first-order chi connectivity index (χ1) is 24.4. The molecule has 0 saturated carbocycles. The molecule has 2 N–H and O–H groups in total. The maximum atomic E-state index is 13.7. The Bertz CT molecular complexity index is 1880. The molecule has 2 amide bonds. The Balaban J connectivity index is 1.23. The number of β-lactam (4-membered cyclic amide) rings is 1. The first kappa shape index (κ1) is 35.9. The number of ether oxygens (including phenoxy) is 2. The number of thioether (sulfide) groups is 1. The van der Waals surface area contributed by atoms with Gasteiger partial charge in [-0.25, -0.2) is 14.6 Å². The molecule has 2 fully saturated rings. The van der Waals surface area contributed by atoms with Crippen LogP contribution in [0.15, 0.2) is 64.5 Å². The fraction of sp³-hybridized carbons (Fsp3) is 0.394. The van der Waals surface area contributed by atoms with Crippen LogP contribution in [0, 0.1) is 32.1 Å². The van der Waals surface area contributed by atoms with Crippen LogP contribution in [-0.4, -0.2) is 76.8 Å². The standard InChI is InChI=1S/C33H33N5O11S2/c1-17-28-27(18(2)40)31(41)36(28)29(32(42)48-14-19-3-7-21(8-4-19)37(44)45)30(17)51-23-11-25(24-16-50-26(13-39)34-24)35(12-23)33(43)49-15-20-5-9-22(10-6-20)38(46)47/h3-10,16-18,23,25,27-28,39-40H,11-15H2,1-2H3/t17-,18-,23+,25+,27-,28-/m1/s1. The van der Waals surface area contributed by atoms with Crippen LogP contribution in [0.5, 0.6) is 0 Å². The van der Waals surface area contributed by atoms with Crippen molar-refractivity contribution in [1.29, 1.82) is 0 Å². The lowest BCUT2D eigenvalue weighted by Crippen LogP contribution is -2.63. The van der Waals surface area contributed by atoms with Crippen molar-refractivity contribution in [2.24, 2.45) is 11.8 Å². The number of fused-ring (bicyclic) bond motifs is 1. The SMILES string of the molecule is C[C@@H](O)[C@H]1C(=O)N2C(C(=O)OCc3ccc([N+](=O)[O-])cc3)=C(S[C@H]3C[C@@H](c4csc(CO)n4)N(C(=O)OCc4ccc([N+](=O)[O-])cc4)C3)[C@H](C)[C@H]12. The lowest BCUT2D eigenvalue weighted by molar-refractivity contribution is -0.385. The predicted octanol–water partition coefficient (Wildman–Crippen LogP) is 4.45. The predicted molar refractivity (Wildman–Crippen MR) is 182 cm³/mol. The third kappa shape index (κ3) is 7.17. The molecule has 1 aromatic heterocycles. The molecule has 2 aromatic carbocycles. The molecule has 0 bridgehead atoms. The lowest BCUT2D eigenvalue weighted by Gasteiger charge is -2.46. The van der Waals surface area contributed by atoms with Crippen LogP contribution < -0.4 is 0 Å². The number of non-ortho nitro benzene ring substituents is 2. The molecule has 6 rings (SSSR count). The summed E-state index contributed by atoms with van der Waals surface area (Å²) in [7, 11) is 0. The molecule has 0 spiro atoms. The highest BCUT2D eigenvalue weighted by Gasteiger charge is 2.60. The number of likely N-dealkylation sites (tertiary alicyclic amines) is 1. The fourth-order valence-corrected chi connectivity index (χ4v) is 8.86. The van der Waals surface area contributed by atoms with Crippen molar-refractivity contribution in [2.75, 3.05) is 6.54 Å². The van der Waals surface area contributed by atoms with Gasteiger partial charge in [-0.15, -0.1) is 23.1 Å². The number of aromatic nitrogens is 1. The number of esters is 1. The molecule has 0 aliphatic carbocycles. The number of carbonyl (C=O) groups excluding carboxylic acids is 3. The number of nitro groups is 2. The van der Waals surface area contributed by atoms with E-state index < -0.39 is 51.9 Å². The fourth-order valence-electron chi connectivity index (χ4n) is 6.64. The number of nitro benzene ring substituents is 2. The van der Waals surface area contributed by atoms with E-state index in [1.807, 2.05) is 6.92 Å². The van der Waals surface area contributed by atoms with Gasteiger partial charge in [0.1, 0.15) is 23.9 Å². The normalized spacial score (nSPS) is 23.1. The lowest BCUT2D eigenvalue weighted by atomic mass is 9.79. The van der Waals surface area contributed by atoms with Crippen LogP contribution in [0.3, 0.4) is 0 Å². The van der Waals surface area contributed by atoms with Crippen LogP contribution in [0.2, 0.25) is 0 Å². The smallest absolute Gasteiger partial charge is 0.410 e. The Hall–Kier alpha value is -4.91. The second-order valence-corrected chi connectivity index (χ2v) is 14.7. The summed E-state index contributed by atoms with van der Waals surface area (Å²) < 4.78 is 11.2. The van der Waals surface area contributed by atoms with Crippen molar-refractivity contribution in [3.63, 3.8) is 0 Å². The minimum Gasteiger partial charge on any atom is -0.456 e. The van der Waals surface area contributed by atoms with Gasteiger partial charge in [-0.2, -0.15) is 0 Å². The van der Waals surface area contributed by atoms with Gasteiger partial charge >= 0.3 is 12.1 Å². The number of hydrogen-bond acceptors (Lipinski definition) is 14. The van der Waals surface area contributed by atoms with Gasteiger partial charge in [-0.3, -0.25) is 29.9 Å². The number of aliphatic hydroxyl groups is 2. The highest BCUT2D eigenvalue weighted by atomic mass is 32.2. The molecule has 51 heavy (non-hydrogen) atoms. The van der Waals surface area contributed by atoms with E-state index in [2.05, 4.69) is 4.98 Å². The number of carbonyl (C=O) groups is 3. The van der Waals surface area contributed by atoms with Crippen LogP contribution in [-0.2, 0) is 38.9 Å². The number of benzene rings is 2. The quantitative estimate of drug-likeness (QED) is 0.114. The molecule has 18 heteroatoms. The molecule has 4 heterocycles. The zero-order valence-corrected chi connectivity index (χ0v) is 29.0. The van der Waals surface area contributed by atoms with Crippen molar-refractivity contribution in [2.45, 2.75) is 63.5 Å². The summed E-state index contributed by atoms with van der Waals surface area (Å²) in [6, 6.07) is 10.2. The van der Waals surface area contributed by atoms with Gasteiger partial charge in [0.05, 0.1) is 46.3 Å². The largest absolute Gasteiger partial charge is 0.456 e. The zero-order valence-electron chi connectivity index (χ0n) is 27.3. The molecular weight excluding hydrogens is 707 g/mol. The van der Waals surface area contributed by atoms with E-state index in [0.717, 1.165) is 0 Å². The summed E-state index contributed by atoms with van der Waals surface area (Å²) >= 11 is 2.59. The van der Waals surface area contributed by atoms with E-state index in [4.69, 9.17) is 9.47 Å². The van der Waals surface area contributed by atoms with Crippen LogP contribution in [0.4, 0.5) is 16.2 Å². The second kappa shape index (κ2) is 14.7. The Morgan fingerprint density at radius 1 is 1.04 bits per heavy atom. The number of hydrogen-bond donors (Lipinski definition) is 2. The first-order valence-electron chi connectivity index (χ1n) is 15.9. The van der Waals surface area contributed by atoms with Gasteiger partial charge in [0.25, 0.3) is 11.4 Å². The average Bonchev–Trinajstić information content (AvgIpc) is 3.82. The van der Waals surface area contributed by atoms with E-state index in [9.17, 15) is 44.8 Å². The Kier molecular flexibility index (Phi) is 10.4. The molecule has 6 atom stereocenters. The molecule has 3 aliphatic heterocycles. The van der Waals surface area contributed by atoms with Gasteiger partial charge in [0, 0.05) is 52.3 Å². The van der Waals surface area contributed by atoms with Gasteiger partial charge in [-0.05, 0) is 48.7 Å². The van der Waals surface area contributed by atoms with Crippen molar-refractivity contribution >= 4 is 52.4 Å². The average molecular weight is 740 g/mol. The summed E-state index contributed by atoms with van der Waals surface area (Å²) in [4.78, 5) is 69.5. The van der Waals surface area contributed by atoms with E-state index in [1.165, 1.54) is 88.4 Å². The van der Waals surface area contributed by atoms with Gasteiger partial charge < -0.3 is 24.6 Å². The van der Waals surface area contributed by atoms with E-state index in [1.54, 1.807) is 5.38 Å². The Morgan fingerprint density at radius 2 is 1.63 bits per heavy atom. The summed E-state index contributed by atoms with van der Waals surface area (Å²) in [5, 5.41) is 44.0. The highest BCUT2D eigenvalue weighted by Crippen LogP contribution is 2.53. The molecule has 0 radical (unpaired) electrons. The molecule has 268 valence electrons. The maximum absolute atomic E-state index is 13.7. The molecule has 0 unspecified atom stereocenters. The second-order valence-electron chi connectivity index (χ2n) is 12.4. The minimum atomic E-state index is -0.954. The molecular formula is C33H33N5O11S2. The number of aliphatic hydroxyl groups excluding tert-OH is 2. The van der Waals surface area contributed by atoms with Crippen molar-refractivity contribution in [1.82, 2.24) is 14.8 Å². The van der Waals surface area contributed by atoms with E-state index in [0.29, 0.717) is 33.2 Å². The van der Waals surface area contributed by atoms with Gasteiger partial charge in [0.15, 0.2) is 0 Å². The van der Waals surface area contributed by atoms with Crippen molar-refractivity contribution < 1.29 is 43.9 Å². The van der Waals surface area contributed by atoms with Gasteiger partial charge in [0.2, 0.25) is 5.91 Å². The maximum Gasteiger partial charge on any atom is 0.410 e. The third-order valence-corrected chi connectivity index (χ3v) is 11.5. The third-order valence-electron chi connectivity index (χ3n) is 9.17. The van der Waals surface area contributed by atoms with E-state index in [-0.39, 0.29) is 54.6 Å². The topological polar surface area (TPSA) is 216 Å². The first-order valence-corrected chi connectivity index (χ1v) is 17.7. The summed E-state index contributed by atoms with van der Waals surface area (Å²) in [5.41, 5.74) is 1.48. The van der Waals surface area contributed by atoms with Crippen LogP contribution in [0.25, 0.3) is 0 Å². The molecule has 2 saturated heterocycles. The number of rotatable bonds is 12. The van der Waals surface area contributed by atoms with Crippen LogP contribution >= 0.6 is 23.1 Å². The number of nitrogens with zero attached hydrogens (tertiary/aromatic N) is 5.